The molecule has 1 amide bonds. The summed E-state index contributed by atoms with van der Waals surface area (Å²) in [7, 11) is 0. The van der Waals surface area contributed by atoms with Crippen LogP contribution < -0.4 is 0 Å². The molecule has 0 unspecified atom stereocenters. The Bertz CT molecular complexity index is 1010. The summed E-state index contributed by atoms with van der Waals surface area (Å²) >= 11 is 3.55. The molecule has 0 radical (unpaired) electrons. The highest BCUT2D eigenvalue weighted by molar-refractivity contribution is 9.10. The quantitative estimate of drug-likeness (QED) is 0.496. The number of aromatic nitrogens is 1. The van der Waals surface area contributed by atoms with Gasteiger partial charge in [-0.15, -0.1) is 0 Å². The molecule has 0 bridgehead atoms. The van der Waals surface area contributed by atoms with E-state index in [0.29, 0.717) is 5.92 Å². The number of hydrogen-bond acceptors (Lipinski definition) is 2. The van der Waals surface area contributed by atoms with E-state index in [-0.39, 0.29) is 5.91 Å². The topological polar surface area (TPSA) is 33.2 Å². The SMILES string of the molecule is CCc1ccc(-c2cc(C(=O)N3CCC[C@@H](C)C3)c3cc(Br)ccc3n2)cc1. The van der Waals surface area contributed by atoms with Crippen LogP contribution in [0.4, 0.5) is 0 Å². The number of carbonyl (C=O) groups is 1. The minimum atomic E-state index is 0.114. The maximum absolute atomic E-state index is 13.4. The van der Waals surface area contributed by atoms with Gasteiger partial charge in [-0.1, -0.05) is 54.0 Å². The van der Waals surface area contributed by atoms with Crippen LogP contribution in [-0.4, -0.2) is 28.9 Å². The molecule has 0 N–H and O–H groups in total. The number of piperidine rings is 1. The van der Waals surface area contributed by atoms with Crippen molar-refractivity contribution in [1.29, 1.82) is 0 Å². The van der Waals surface area contributed by atoms with Crippen molar-refractivity contribution in [3.8, 4) is 11.3 Å². The minimum absolute atomic E-state index is 0.114. The lowest BCUT2D eigenvalue weighted by Crippen LogP contribution is -2.39. The van der Waals surface area contributed by atoms with E-state index >= 15 is 0 Å². The van der Waals surface area contributed by atoms with Crippen LogP contribution in [0.5, 0.6) is 0 Å². The fourth-order valence-electron chi connectivity index (χ4n) is 3.98. The molecular formula is C24H25BrN2O. The highest BCUT2D eigenvalue weighted by Crippen LogP contribution is 2.29. The van der Waals surface area contributed by atoms with Crippen molar-refractivity contribution in [3.05, 3.63) is 64.1 Å². The second kappa shape index (κ2) is 8.04. The Kier molecular flexibility index (Phi) is 5.49. The highest BCUT2D eigenvalue weighted by Gasteiger charge is 2.24. The maximum Gasteiger partial charge on any atom is 0.254 e. The van der Waals surface area contributed by atoms with E-state index in [1.807, 2.05) is 29.2 Å². The number of amides is 1. The van der Waals surface area contributed by atoms with Gasteiger partial charge in [-0.05, 0) is 55.0 Å². The van der Waals surface area contributed by atoms with Crippen LogP contribution in [0, 0.1) is 5.92 Å². The molecule has 0 aliphatic carbocycles. The van der Waals surface area contributed by atoms with Gasteiger partial charge < -0.3 is 4.90 Å². The number of benzene rings is 2. The van der Waals surface area contributed by atoms with Gasteiger partial charge in [0.25, 0.3) is 5.91 Å². The number of pyridine rings is 1. The average molecular weight is 437 g/mol. The van der Waals surface area contributed by atoms with E-state index in [9.17, 15) is 4.79 Å². The monoisotopic (exact) mass is 436 g/mol. The Morgan fingerprint density at radius 1 is 1.18 bits per heavy atom. The van der Waals surface area contributed by atoms with Crippen LogP contribution in [0.3, 0.4) is 0 Å². The molecule has 3 aromatic rings. The van der Waals surface area contributed by atoms with Crippen LogP contribution in [0.2, 0.25) is 0 Å². The zero-order chi connectivity index (χ0) is 19.7. The third-order valence-electron chi connectivity index (χ3n) is 5.60. The lowest BCUT2D eigenvalue weighted by molar-refractivity contribution is 0.0685. The molecule has 1 saturated heterocycles. The third kappa shape index (κ3) is 3.83. The van der Waals surface area contributed by atoms with E-state index in [1.165, 1.54) is 12.0 Å². The van der Waals surface area contributed by atoms with Crippen molar-refractivity contribution in [1.82, 2.24) is 9.88 Å². The Hall–Kier alpha value is -2.20. The van der Waals surface area contributed by atoms with Crippen LogP contribution in [-0.2, 0) is 6.42 Å². The minimum Gasteiger partial charge on any atom is -0.338 e. The molecule has 1 fully saturated rings. The summed E-state index contributed by atoms with van der Waals surface area (Å²) in [4.78, 5) is 20.3. The number of halogens is 1. The molecule has 4 heteroatoms. The van der Waals surface area contributed by atoms with E-state index in [2.05, 4.69) is 54.0 Å². The summed E-state index contributed by atoms with van der Waals surface area (Å²) in [6.07, 6.45) is 3.28. The predicted octanol–water partition coefficient (Wildman–Crippen LogP) is 6.10. The Labute approximate surface area is 174 Å². The first-order chi connectivity index (χ1) is 13.5. The molecule has 4 rings (SSSR count). The number of rotatable bonds is 3. The van der Waals surface area contributed by atoms with E-state index < -0.39 is 0 Å². The smallest absolute Gasteiger partial charge is 0.254 e. The van der Waals surface area contributed by atoms with Crippen LogP contribution >= 0.6 is 15.9 Å². The number of hydrogen-bond donors (Lipinski definition) is 0. The summed E-state index contributed by atoms with van der Waals surface area (Å²) in [5.74, 6) is 0.669. The molecule has 1 aliphatic rings. The molecule has 0 spiro atoms. The zero-order valence-electron chi connectivity index (χ0n) is 16.4. The second-order valence-corrected chi connectivity index (χ2v) is 8.68. The first-order valence-electron chi connectivity index (χ1n) is 10.0. The van der Waals surface area contributed by atoms with Crippen molar-refractivity contribution < 1.29 is 4.79 Å². The van der Waals surface area contributed by atoms with Gasteiger partial charge in [-0.25, -0.2) is 4.98 Å². The number of nitrogens with zero attached hydrogens (tertiary/aromatic N) is 2. The summed E-state index contributed by atoms with van der Waals surface area (Å²) in [5.41, 5.74) is 4.80. The summed E-state index contributed by atoms with van der Waals surface area (Å²) in [5, 5.41) is 0.909. The molecule has 2 heterocycles. The van der Waals surface area contributed by atoms with Gasteiger partial charge in [-0.2, -0.15) is 0 Å². The number of carbonyl (C=O) groups excluding carboxylic acids is 1. The fourth-order valence-corrected chi connectivity index (χ4v) is 4.34. The zero-order valence-corrected chi connectivity index (χ0v) is 18.0. The lowest BCUT2D eigenvalue weighted by atomic mass is 9.98. The first kappa shape index (κ1) is 19.1. The molecule has 1 atom stereocenters. The standard InChI is InChI=1S/C24H25BrN2O/c1-3-17-6-8-18(9-7-17)23-14-21(20-13-19(25)10-11-22(20)26-23)24(28)27-12-4-5-16(2)15-27/h6-11,13-14,16H,3-5,12,15H2,1-2H3/t16-/m1/s1. The van der Waals surface area contributed by atoms with Gasteiger partial charge >= 0.3 is 0 Å². The van der Waals surface area contributed by atoms with E-state index in [0.717, 1.165) is 58.1 Å². The molecular weight excluding hydrogens is 412 g/mol. The van der Waals surface area contributed by atoms with Gasteiger partial charge in [0, 0.05) is 28.5 Å². The van der Waals surface area contributed by atoms with Crippen LogP contribution in [0.15, 0.2) is 53.0 Å². The molecule has 144 valence electrons. The summed E-state index contributed by atoms with van der Waals surface area (Å²) < 4.78 is 0.961. The third-order valence-corrected chi connectivity index (χ3v) is 6.10. The number of likely N-dealkylation sites (tertiary alicyclic amines) is 1. The van der Waals surface area contributed by atoms with Crippen molar-refractivity contribution >= 4 is 32.7 Å². The fraction of sp³-hybridized carbons (Fsp3) is 0.333. The maximum atomic E-state index is 13.4. The predicted molar refractivity (Wildman–Crippen MR) is 119 cm³/mol. The number of aryl methyl sites for hydroxylation is 1. The Morgan fingerprint density at radius 2 is 1.96 bits per heavy atom. The van der Waals surface area contributed by atoms with E-state index in [1.54, 1.807) is 0 Å². The van der Waals surface area contributed by atoms with Crippen molar-refractivity contribution in [2.45, 2.75) is 33.1 Å². The van der Waals surface area contributed by atoms with Gasteiger partial charge in [0.15, 0.2) is 0 Å². The second-order valence-electron chi connectivity index (χ2n) is 7.77. The molecule has 28 heavy (non-hydrogen) atoms. The van der Waals surface area contributed by atoms with Crippen molar-refractivity contribution in [3.63, 3.8) is 0 Å². The molecule has 0 saturated carbocycles. The first-order valence-corrected chi connectivity index (χ1v) is 10.8. The average Bonchev–Trinajstić information content (AvgIpc) is 2.72. The van der Waals surface area contributed by atoms with Gasteiger partial charge in [0.05, 0.1) is 16.8 Å². The largest absolute Gasteiger partial charge is 0.338 e. The Balaban J connectivity index is 1.82. The molecule has 2 aromatic carbocycles. The van der Waals surface area contributed by atoms with Crippen LogP contribution in [0.25, 0.3) is 22.2 Å². The normalized spacial score (nSPS) is 17.1. The molecule has 1 aromatic heterocycles. The van der Waals surface area contributed by atoms with Gasteiger partial charge in [-0.3, -0.25) is 4.79 Å². The van der Waals surface area contributed by atoms with Crippen molar-refractivity contribution in [2.24, 2.45) is 5.92 Å². The summed E-state index contributed by atoms with van der Waals surface area (Å²) in [6.45, 7) is 6.04. The molecule has 3 nitrogen and oxygen atoms in total. The number of fused-ring (bicyclic) bond motifs is 1. The van der Waals surface area contributed by atoms with Crippen LogP contribution in [0.1, 0.15) is 42.6 Å². The lowest BCUT2D eigenvalue weighted by Gasteiger charge is -2.31. The molecule has 1 aliphatic heterocycles. The Morgan fingerprint density at radius 3 is 2.68 bits per heavy atom. The highest BCUT2D eigenvalue weighted by atomic mass is 79.9. The van der Waals surface area contributed by atoms with Gasteiger partial charge in [0.1, 0.15) is 0 Å². The van der Waals surface area contributed by atoms with E-state index in [4.69, 9.17) is 4.98 Å². The van der Waals surface area contributed by atoms with Gasteiger partial charge in [0.2, 0.25) is 0 Å². The summed E-state index contributed by atoms with van der Waals surface area (Å²) in [6, 6.07) is 16.4. The van der Waals surface area contributed by atoms with Crippen molar-refractivity contribution in [2.75, 3.05) is 13.1 Å².